The first-order valence-electron chi connectivity index (χ1n) is 11.4. The highest BCUT2D eigenvalue weighted by atomic mass is 16.1. The number of rotatable bonds is 7. The van der Waals surface area contributed by atoms with Crippen LogP contribution in [0.1, 0.15) is 61.6 Å². The van der Waals surface area contributed by atoms with Crippen LogP contribution >= 0.6 is 0 Å². The van der Waals surface area contributed by atoms with Crippen LogP contribution in [0.5, 0.6) is 0 Å². The number of nitrogens with zero attached hydrogens (tertiary/aromatic N) is 3. The molecule has 0 unspecified atom stereocenters. The smallest absolute Gasteiger partial charge is 0.220 e. The van der Waals surface area contributed by atoms with E-state index in [0.29, 0.717) is 24.6 Å². The Morgan fingerprint density at radius 2 is 1.97 bits per heavy atom. The van der Waals surface area contributed by atoms with Gasteiger partial charge in [-0.3, -0.25) is 4.79 Å². The highest BCUT2D eigenvalue weighted by Gasteiger charge is 2.23. The number of fused-ring (bicyclic) bond motifs is 1. The minimum Gasteiger partial charge on any atom is -0.363 e. The molecule has 1 atom stereocenters. The number of hydrogen-bond acceptors (Lipinski definition) is 4. The largest absolute Gasteiger partial charge is 0.363 e. The predicted molar refractivity (Wildman–Crippen MR) is 125 cm³/mol. The van der Waals surface area contributed by atoms with E-state index in [-0.39, 0.29) is 11.9 Å². The Kier molecular flexibility index (Phi) is 6.54. The van der Waals surface area contributed by atoms with Crippen molar-refractivity contribution in [3.63, 3.8) is 0 Å². The van der Waals surface area contributed by atoms with Gasteiger partial charge in [0.15, 0.2) is 0 Å². The molecule has 1 amide bonds. The fraction of sp³-hybridized carbons (Fsp3) is 0.480. The quantitative estimate of drug-likeness (QED) is 0.582. The number of aryl methyl sites for hydroxylation is 1. The van der Waals surface area contributed by atoms with Crippen molar-refractivity contribution in [2.24, 2.45) is 5.92 Å². The number of para-hydroxylation sites is 1. The summed E-state index contributed by atoms with van der Waals surface area (Å²) >= 11 is 0. The number of hydrogen-bond donors (Lipinski definition) is 2. The average molecular weight is 420 g/mol. The molecule has 1 aromatic carbocycles. The summed E-state index contributed by atoms with van der Waals surface area (Å²) in [6.07, 6.45) is 9.46. The van der Waals surface area contributed by atoms with Gasteiger partial charge >= 0.3 is 0 Å². The number of aromatic amines is 1. The molecular formula is C25H33N5O. The third-order valence-corrected chi connectivity index (χ3v) is 6.29. The maximum absolute atomic E-state index is 13.0. The number of carbonyl (C=O) groups excluding carboxylic acids is 1. The zero-order chi connectivity index (χ0) is 21.8. The van der Waals surface area contributed by atoms with Gasteiger partial charge in [-0.1, -0.05) is 37.5 Å². The van der Waals surface area contributed by atoms with E-state index in [1.165, 1.54) is 30.2 Å². The lowest BCUT2D eigenvalue weighted by molar-refractivity contribution is -0.123. The summed E-state index contributed by atoms with van der Waals surface area (Å²) in [7, 11) is 3.95. The first kappa shape index (κ1) is 21.3. The van der Waals surface area contributed by atoms with Crippen LogP contribution in [0.2, 0.25) is 0 Å². The highest BCUT2D eigenvalue weighted by molar-refractivity contribution is 5.83. The molecule has 0 bridgehead atoms. The van der Waals surface area contributed by atoms with Crippen molar-refractivity contribution in [3.8, 4) is 0 Å². The molecule has 6 nitrogen and oxygen atoms in total. The zero-order valence-electron chi connectivity index (χ0n) is 18.8. The van der Waals surface area contributed by atoms with Gasteiger partial charge in [0, 0.05) is 50.1 Å². The summed E-state index contributed by atoms with van der Waals surface area (Å²) in [4.78, 5) is 27.6. The standard InChI is InChI=1S/C25H33N5O/c1-17-27-23(15-24(28-17)30(2)3)22(29-25(31)13-18-9-5-4-6-10-18)14-19-16-26-21-12-8-7-11-20(19)21/h7-8,11-12,15-16,18,22,26H,4-6,9-10,13-14H2,1-3H3,(H,29,31)/t22-/m0/s1. The molecule has 0 spiro atoms. The number of amides is 1. The molecule has 2 N–H and O–H groups in total. The number of H-pyrrole nitrogens is 1. The molecule has 1 aliphatic rings. The first-order chi connectivity index (χ1) is 15.0. The van der Waals surface area contributed by atoms with Crippen LogP contribution in [0.15, 0.2) is 36.5 Å². The molecule has 1 fully saturated rings. The molecule has 164 valence electrons. The van der Waals surface area contributed by atoms with Gasteiger partial charge in [-0.05, 0) is 37.3 Å². The molecule has 3 aromatic rings. The summed E-state index contributed by atoms with van der Waals surface area (Å²) in [5.74, 6) is 2.20. The van der Waals surface area contributed by atoms with Gasteiger partial charge in [-0.2, -0.15) is 0 Å². The molecule has 1 saturated carbocycles. The van der Waals surface area contributed by atoms with Crippen molar-refractivity contribution < 1.29 is 4.79 Å². The average Bonchev–Trinajstić information content (AvgIpc) is 3.16. The van der Waals surface area contributed by atoms with Crippen molar-refractivity contribution in [3.05, 3.63) is 53.6 Å². The number of aromatic nitrogens is 3. The normalized spacial score (nSPS) is 15.7. The lowest BCUT2D eigenvalue weighted by Gasteiger charge is -2.24. The number of anilines is 1. The molecule has 4 rings (SSSR count). The van der Waals surface area contributed by atoms with Gasteiger partial charge in [-0.15, -0.1) is 0 Å². The van der Waals surface area contributed by atoms with Gasteiger partial charge < -0.3 is 15.2 Å². The van der Waals surface area contributed by atoms with E-state index in [1.54, 1.807) is 0 Å². The molecule has 31 heavy (non-hydrogen) atoms. The van der Waals surface area contributed by atoms with Crippen molar-refractivity contribution in [2.75, 3.05) is 19.0 Å². The molecule has 2 heterocycles. The Bertz CT molecular complexity index is 1040. The highest BCUT2D eigenvalue weighted by Crippen LogP contribution is 2.28. The first-order valence-corrected chi connectivity index (χ1v) is 11.4. The minimum absolute atomic E-state index is 0.124. The Hall–Kier alpha value is -2.89. The monoisotopic (exact) mass is 419 g/mol. The molecule has 1 aliphatic carbocycles. The van der Waals surface area contributed by atoms with Crippen molar-refractivity contribution in [1.29, 1.82) is 0 Å². The predicted octanol–water partition coefficient (Wildman–Crippen LogP) is 4.70. The Morgan fingerprint density at radius 1 is 1.19 bits per heavy atom. The molecule has 0 aliphatic heterocycles. The Labute approximate surface area is 184 Å². The van der Waals surface area contributed by atoms with Crippen LogP contribution in [0.25, 0.3) is 10.9 Å². The van der Waals surface area contributed by atoms with E-state index in [4.69, 9.17) is 4.98 Å². The summed E-state index contributed by atoms with van der Waals surface area (Å²) in [5, 5.41) is 4.50. The maximum atomic E-state index is 13.0. The van der Waals surface area contributed by atoms with Crippen LogP contribution in [-0.2, 0) is 11.2 Å². The summed E-state index contributed by atoms with van der Waals surface area (Å²) in [5.41, 5.74) is 3.15. The fourth-order valence-corrected chi connectivity index (χ4v) is 4.64. The Balaban J connectivity index is 1.61. The maximum Gasteiger partial charge on any atom is 0.220 e. The summed E-state index contributed by atoms with van der Waals surface area (Å²) < 4.78 is 0. The van der Waals surface area contributed by atoms with E-state index < -0.39 is 0 Å². The van der Waals surface area contributed by atoms with Crippen LogP contribution < -0.4 is 10.2 Å². The third kappa shape index (κ3) is 5.24. The Morgan fingerprint density at radius 3 is 2.74 bits per heavy atom. The van der Waals surface area contributed by atoms with Crippen molar-refractivity contribution >= 4 is 22.6 Å². The van der Waals surface area contributed by atoms with Crippen LogP contribution in [0.4, 0.5) is 5.82 Å². The van der Waals surface area contributed by atoms with Gasteiger partial charge in [0.2, 0.25) is 5.91 Å². The molecule has 0 radical (unpaired) electrons. The minimum atomic E-state index is -0.198. The summed E-state index contributed by atoms with van der Waals surface area (Å²) in [6, 6.07) is 10.1. The molecular weight excluding hydrogens is 386 g/mol. The van der Waals surface area contributed by atoms with Crippen LogP contribution in [0, 0.1) is 12.8 Å². The van der Waals surface area contributed by atoms with Gasteiger partial charge in [0.1, 0.15) is 11.6 Å². The van der Waals surface area contributed by atoms with E-state index in [9.17, 15) is 4.79 Å². The number of benzene rings is 1. The molecule has 2 aromatic heterocycles. The zero-order valence-corrected chi connectivity index (χ0v) is 18.8. The number of nitrogens with one attached hydrogen (secondary N) is 2. The van der Waals surface area contributed by atoms with Crippen molar-refractivity contribution in [2.45, 2.75) is 57.9 Å². The van der Waals surface area contributed by atoms with E-state index >= 15 is 0 Å². The fourth-order valence-electron chi connectivity index (χ4n) is 4.64. The lowest BCUT2D eigenvalue weighted by atomic mass is 9.86. The lowest BCUT2D eigenvalue weighted by Crippen LogP contribution is -2.32. The number of carbonyl (C=O) groups is 1. The SMILES string of the molecule is Cc1nc([C@H](Cc2c[nH]c3ccccc23)NC(=O)CC2CCCCC2)cc(N(C)C)n1. The second kappa shape index (κ2) is 9.50. The van der Waals surface area contributed by atoms with Crippen LogP contribution in [0.3, 0.4) is 0 Å². The van der Waals surface area contributed by atoms with Crippen LogP contribution in [-0.4, -0.2) is 35.0 Å². The second-order valence-electron chi connectivity index (χ2n) is 8.98. The topological polar surface area (TPSA) is 73.9 Å². The second-order valence-corrected chi connectivity index (χ2v) is 8.98. The molecule has 0 saturated heterocycles. The van der Waals surface area contributed by atoms with Gasteiger partial charge in [-0.25, -0.2) is 9.97 Å². The summed E-state index contributed by atoms with van der Waals surface area (Å²) in [6.45, 7) is 1.91. The van der Waals surface area contributed by atoms with Gasteiger partial charge in [0.25, 0.3) is 0 Å². The van der Waals surface area contributed by atoms with Gasteiger partial charge in [0.05, 0.1) is 11.7 Å². The van der Waals surface area contributed by atoms with E-state index in [1.807, 2.05) is 44.2 Å². The third-order valence-electron chi connectivity index (χ3n) is 6.29. The molecule has 6 heteroatoms. The van der Waals surface area contributed by atoms with Crippen molar-refractivity contribution in [1.82, 2.24) is 20.3 Å². The van der Waals surface area contributed by atoms with E-state index in [0.717, 1.165) is 29.9 Å². The van der Waals surface area contributed by atoms with E-state index in [2.05, 4.69) is 33.5 Å².